The highest BCUT2D eigenvalue weighted by molar-refractivity contribution is 14.1. The van der Waals surface area contributed by atoms with Gasteiger partial charge in [0.25, 0.3) is 11.6 Å². The largest absolute Gasteiger partial charge is 0.493 e. The van der Waals surface area contributed by atoms with E-state index in [0.717, 1.165) is 40.4 Å². The SMILES string of the molecule is COc1cc(/C=C2\NC(=S)N(C3CCCCC3)C2=O)cc(I)c1OCc1ccc([N+](=O)[O-])cc1. The molecule has 1 heterocycles. The molecule has 1 aliphatic carbocycles. The molecule has 178 valence electrons. The Morgan fingerprint density at radius 1 is 1.24 bits per heavy atom. The summed E-state index contributed by atoms with van der Waals surface area (Å²) in [6.45, 7) is 0.232. The lowest BCUT2D eigenvalue weighted by molar-refractivity contribution is -0.384. The molecule has 1 saturated carbocycles. The van der Waals surface area contributed by atoms with Crippen molar-refractivity contribution in [3.05, 3.63) is 66.9 Å². The number of non-ortho nitro benzene ring substituents is 1. The lowest BCUT2D eigenvalue weighted by Gasteiger charge is -2.29. The topological polar surface area (TPSA) is 93.9 Å². The first-order valence-electron chi connectivity index (χ1n) is 11.0. The number of rotatable bonds is 7. The van der Waals surface area contributed by atoms with E-state index in [1.807, 2.05) is 12.1 Å². The van der Waals surface area contributed by atoms with Gasteiger partial charge in [0.05, 0.1) is 15.6 Å². The molecule has 0 aromatic heterocycles. The van der Waals surface area contributed by atoms with Gasteiger partial charge in [-0.25, -0.2) is 0 Å². The Balaban J connectivity index is 1.51. The van der Waals surface area contributed by atoms with Crippen molar-refractivity contribution in [3.63, 3.8) is 0 Å². The van der Waals surface area contributed by atoms with Crippen LogP contribution in [-0.4, -0.2) is 34.0 Å². The average molecular weight is 593 g/mol. The number of ether oxygens (including phenoxy) is 2. The van der Waals surface area contributed by atoms with Crippen LogP contribution in [0.15, 0.2) is 42.1 Å². The van der Waals surface area contributed by atoms with Gasteiger partial charge in [0, 0.05) is 18.2 Å². The van der Waals surface area contributed by atoms with Crippen molar-refractivity contribution in [1.82, 2.24) is 10.2 Å². The predicted octanol–water partition coefficient (Wildman–Crippen LogP) is 5.18. The van der Waals surface area contributed by atoms with Gasteiger partial charge in [-0.3, -0.25) is 19.8 Å². The molecular formula is C24H24IN3O5S. The molecule has 0 radical (unpaired) electrons. The van der Waals surface area contributed by atoms with Crippen LogP contribution in [0.2, 0.25) is 0 Å². The summed E-state index contributed by atoms with van der Waals surface area (Å²) in [7, 11) is 1.56. The normalized spacial score (nSPS) is 17.7. The Hall–Kier alpha value is -2.73. The van der Waals surface area contributed by atoms with E-state index in [1.165, 1.54) is 18.6 Å². The van der Waals surface area contributed by atoms with Gasteiger partial charge in [0.15, 0.2) is 16.6 Å². The molecule has 0 bridgehead atoms. The van der Waals surface area contributed by atoms with Crippen LogP contribution in [0.5, 0.6) is 11.5 Å². The smallest absolute Gasteiger partial charge is 0.276 e. The number of nitro benzene ring substituents is 1. The van der Waals surface area contributed by atoms with Crippen molar-refractivity contribution in [1.29, 1.82) is 0 Å². The molecule has 1 amide bonds. The van der Waals surface area contributed by atoms with E-state index >= 15 is 0 Å². The molecule has 0 spiro atoms. The van der Waals surface area contributed by atoms with Crippen LogP contribution in [0, 0.1) is 13.7 Å². The number of methoxy groups -OCH3 is 1. The summed E-state index contributed by atoms with van der Waals surface area (Å²) in [5, 5.41) is 14.4. The Labute approximate surface area is 216 Å². The number of carbonyl (C=O) groups excluding carboxylic acids is 1. The monoisotopic (exact) mass is 593 g/mol. The second-order valence-corrected chi connectivity index (χ2v) is 9.75. The van der Waals surface area contributed by atoms with Gasteiger partial charge in [0.1, 0.15) is 12.3 Å². The Kier molecular flexibility index (Phi) is 7.67. The lowest BCUT2D eigenvalue weighted by Crippen LogP contribution is -2.41. The van der Waals surface area contributed by atoms with Gasteiger partial charge in [-0.15, -0.1) is 0 Å². The number of hydrogen-bond acceptors (Lipinski definition) is 6. The number of nitrogens with one attached hydrogen (secondary N) is 1. The van der Waals surface area contributed by atoms with Gasteiger partial charge in [-0.1, -0.05) is 19.3 Å². The van der Waals surface area contributed by atoms with Crippen molar-refractivity contribution in [2.24, 2.45) is 0 Å². The fraction of sp³-hybridized carbons (Fsp3) is 0.333. The van der Waals surface area contributed by atoms with Gasteiger partial charge in [-0.05, 0) is 89.1 Å². The molecule has 1 saturated heterocycles. The number of hydrogen-bond donors (Lipinski definition) is 1. The lowest BCUT2D eigenvalue weighted by atomic mass is 9.94. The molecule has 0 unspecified atom stereocenters. The molecular weight excluding hydrogens is 569 g/mol. The predicted molar refractivity (Wildman–Crippen MR) is 141 cm³/mol. The zero-order valence-corrected chi connectivity index (χ0v) is 21.6. The van der Waals surface area contributed by atoms with E-state index < -0.39 is 4.92 Å². The van der Waals surface area contributed by atoms with E-state index in [9.17, 15) is 14.9 Å². The first kappa shape index (κ1) is 24.4. The van der Waals surface area contributed by atoms with Crippen LogP contribution >= 0.6 is 34.8 Å². The number of benzene rings is 2. The average Bonchev–Trinajstić information content (AvgIpc) is 3.11. The molecule has 2 aromatic carbocycles. The molecule has 1 N–H and O–H groups in total. The summed E-state index contributed by atoms with van der Waals surface area (Å²) in [5.74, 6) is 0.996. The van der Waals surface area contributed by atoms with Crippen molar-refractivity contribution < 1.29 is 19.2 Å². The van der Waals surface area contributed by atoms with Crippen molar-refractivity contribution in [2.45, 2.75) is 44.8 Å². The number of nitrogens with zero attached hydrogens (tertiary/aromatic N) is 2. The summed E-state index contributed by atoms with van der Waals surface area (Å²) in [6.07, 6.45) is 7.18. The highest BCUT2D eigenvalue weighted by atomic mass is 127. The summed E-state index contributed by atoms with van der Waals surface area (Å²) in [5.41, 5.74) is 2.07. The quantitative estimate of drug-likeness (QED) is 0.156. The number of halogens is 1. The summed E-state index contributed by atoms with van der Waals surface area (Å²) in [6, 6.07) is 10.1. The van der Waals surface area contributed by atoms with Crippen LogP contribution < -0.4 is 14.8 Å². The van der Waals surface area contributed by atoms with E-state index in [1.54, 1.807) is 30.2 Å². The minimum atomic E-state index is -0.436. The Bertz CT molecular complexity index is 1150. The maximum Gasteiger partial charge on any atom is 0.276 e. The Morgan fingerprint density at radius 2 is 1.94 bits per heavy atom. The zero-order valence-electron chi connectivity index (χ0n) is 18.6. The number of thiocarbonyl (C=S) groups is 1. The molecule has 2 aliphatic rings. The zero-order chi connectivity index (χ0) is 24.2. The van der Waals surface area contributed by atoms with Crippen LogP contribution in [0.25, 0.3) is 6.08 Å². The molecule has 2 aromatic rings. The summed E-state index contributed by atoms with van der Waals surface area (Å²) < 4.78 is 12.3. The summed E-state index contributed by atoms with van der Waals surface area (Å²) >= 11 is 7.62. The second-order valence-electron chi connectivity index (χ2n) is 8.20. The molecule has 34 heavy (non-hydrogen) atoms. The Morgan fingerprint density at radius 3 is 2.59 bits per heavy atom. The van der Waals surface area contributed by atoms with Crippen LogP contribution in [0.1, 0.15) is 43.2 Å². The number of nitro groups is 1. The third kappa shape index (κ3) is 5.33. The minimum Gasteiger partial charge on any atom is -0.493 e. The highest BCUT2D eigenvalue weighted by Gasteiger charge is 2.36. The van der Waals surface area contributed by atoms with Crippen molar-refractivity contribution >= 4 is 57.6 Å². The molecule has 1 aliphatic heterocycles. The fourth-order valence-electron chi connectivity index (χ4n) is 4.22. The molecule has 10 heteroatoms. The van der Waals surface area contributed by atoms with Gasteiger partial charge < -0.3 is 14.8 Å². The minimum absolute atomic E-state index is 0.0323. The highest BCUT2D eigenvalue weighted by Crippen LogP contribution is 2.36. The first-order chi connectivity index (χ1) is 16.4. The van der Waals surface area contributed by atoms with E-state index in [4.69, 9.17) is 21.7 Å². The third-order valence-corrected chi connectivity index (χ3v) is 7.04. The van der Waals surface area contributed by atoms with Crippen molar-refractivity contribution in [2.75, 3.05) is 7.11 Å². The maximum absolute atomic E-state index is 13.1. The number of amides is 1. The van der Waals surface area contributed by atoms with Crippen LogP contribution in [-0.2, 0) is 11.4 Å². The standard InChI is InChI=1S/C24H24IN3O5S/c1-32-21-13-16(12-20-23(29)27(24(34)26-20)17-5-3-2-4-6-17)11-19(25)22(21)33-14-15-7-9-18(10-8-15)28(30)31/h7-13,17H,2-6,14H2,1H3,(H,26,34)/b20-12-. The first-order valence-corrected chi connectivity index (χ1v) is 12.5. The fourth-order valence-corrected chi connectivity index (χ4v) is 5.34. The van der Waals surface area contributed by atoms with Gasteiger partial charge >= 0.3 is 0 Å². The molecule has 0 atom stereocenters. The van der Waals surface area contributed by atoms with Crippen LogP contribution in [0.4, 0.5) is 5.69 Å². The van der Waals surface area contributed by atoms with Gasteiger partial charge in [0.2, 0.25) is 0 Å². The summed E-state index contributed by atoms with van der Waals surface area (Å²) in [4.78, 5) is 25.2. The van der Waals surface area contributed by atoms with E-state index in [2.05, 4.69) is 27.9 Å². The van der Waals surface area contributed by atoms with Crippen LogP contribution in [0.3, 0.4) is 0 Å². The van der Waals surface area contributed by atoms with Crippen molar-refractivity contribution in [3.8, 4) is 11.5 Å². The molecule has 2 fully saturated rings. The molecule has 4 rings (SSSR count). The second kappa shape index (κ2) is 10.7. The van der Waals surface area contributed by atoms with E-state index in [-0.39, 0.29) is 24.2 Å². The third-order valence-electron chi connectivity index (χ3n) is 5.94. The maximum atomic E-state index is 13.1. The molecule has 8 nitrogen and oxygen atoms in total. The van der Waals surface area contributed by atoms with E-state index in [0.29, 0.717) is 22.3 Å². The number of carbonyl (C=O) groups is 1. The van der Waals surface area contributed by atoms with Gasteiger partial charge in [-0.2, -0.15) is 0 Å².